The molecule has 1 aromatic rings. The maximum Gasteiger partial charge on any atom is 0.297 e. The molecule has 0 unspecified atom stereocenters. The summed E-state index contributed by atoms with van der Waals surface area (Å²) in [6, 6.07) is 6.55. The molecule has 1 aromatic carbocycles. The number of unbranched alkanes of at least 4 members (excludes halogenated alkanes) is 13. The number of hydrogen-bond donors (Lipinski definition) is 0. The highest BCUT2D eigenvalue weighted by atomic mass is 32.2. The van der Waals surface area contributed by atoms with Crippen molar-refractivity contribution < 1.29 is 31.5 Å². The van der Waals surface area contributed by atoms with Crippen LogP contribution in [0.4, 0.5) is 0 Å². The van der Waals surface area contributed by atoms with Crippen LogP contribution in [0.5, 0.6) is 0 Å². The summed E-state index contributed by atoms with van der Waals surface area (Å²) in [5.74, 6) is 0. The lowest BCUT2D eigenvalue weighted by atomic mass is 10.0. The van der Waals surface area contributed by atoms with Crippen LogP contribution in [0.2, 0.25) is 0 Å². The van der Waals surface area contributed by atoms with E-state index in [1.807, 2.05) is 6.92 Å². The first-order chi connectivity index (χ1) is 19.1. The predicted octanol–water partition coefficient (Wildman–Crippen LogP) is 7.25. The van der Waals surface area contributed by atoms with E-state index >= 15 is 0 Å². The Balaban J connectivity index is 1.72. The Morgan fingerprint density at radius 2 is 0.846 bits per heavy atom. The highest BCUT2D eigenvalue weighted by molar-refractivity contribution is 7.86. The summed E-state index contributed by atoms with van der Waals surface area (Å²) in [5.41, 5.74) is 0.992. The van der Waals surface area contributed by atoms with Gasteiger partial charge in [0.1, 0.15) is 0 Å². The fourth-order valence-corrected chi connectivity index (χ4v) is 5.03. The Morgan fingerprint density at radius 1 is 0.487 bits per heavy atom. The van der Waals surface area contributed by atoms with Gasteiger partial charge in [-0.2, -0.15) is 8.42 Å². The second-order valence-corrected chi connectivity index (χ2v) is 11.8. The molecule has 39 heavy (non-hydrogen) atoms. The summed E-state index contributed by atoms with van der Waals surface area (Å²) < 4.78 is 51.1. The molecule has 0 fully saturated rings. The number of rotatable bonds is 29. The fraction of sp³-hybridized carbons (Fsp3) is 0.806. The summed E-state index contributed by atoms with van der Waals surface area (Å²) in [5, 5.41) is 0. The first-order valence-electron chi connectivity index (χ1n) is 15.3. The molecule has 0 atom stereocenters. The molecule has 0 saturated carbocycles. The van der Waals surface area contributed by atoms with Crippen LogP contribution in [-0.2, 0) is 33.2 Å². The van der Waals surface area contributed by atoms with Gasteiger partial charge in [-0.3, -0.25) is 4.18 Å². The number of aryl methyl sites for hydroxylation is 1. The van der Waals surface area contributed by atoms with Gasteiger partial charge in [-0.1, -0.05) is 108 Å². The Bertz CT molecular complexity index is 753. The Kier molecular flexibility index (Phi) is 23.9. The van der Waals surface area contributed by atoms with E-state index < -0.39 is 10.1 Å². The van der Waals surface area contributed by atoms with E-state index in [1.54, 1.807) is 12.1 Å². The van der Waals surface area contributed by atoms with Crippen LogP contribution >= 0.6 is 0 Å². The molecule has 1 rings (SSSR count). The molecular weight excluding hydrogens is 516 g/mol. The van der Waals surface area contributed by atoms with Crippen LogP contribution in [0.25, 0.3) is 0 Å². The molecular formula is C31H56O7S. The van der Waals surface area contributed by atoms with Crippen LogP contribution in [-0.4, -0.2) is 67.9 Å². The first kappa shape index (κ1) is 36.0. The molecule has 228 valence electrons. The third kappa shape index (κ3) is 22.4. The third-order valence-electron chi connectivity index (χ3n) is 6.53. The lowest BCUT2D eigenvalue weighted by Gasteiger charge is -2.08. The van der Waals surface area contributed by atoms with Crippen molar-refractivity contribution in [2.45, 2.75) is 109 Å². The second-order valence-electron chi connectivity index (χ2n) is 10.1. The molecule has 0 saturated heterocycles. The largest absolute Gasteiger partial charge is 0.379 e. The van der Waals surface area contributed by atoms with E-state index in [1.165, 1.54) is 95.6 Å². The molecule has 7 nitrogen and oxygen atoms in total. The van der Waals surface area contributed by atoms with E-state index in [4.69, 9.17) is 23.1 Å². The van der Waals surface area contributed by atoms with Gasteiger partial charge >= 0.3 is 0 Å². The van der Waals surface area contributed by atoms with Gasteiger partial charge in [-0.25, -0.2) is 0 Å². The number of ether oxygens (including phenoxy) is 4. The number of hydrogen-bond acceptors (Lipinski definition) is 7. The van der Waals surface area contributed by atoms with E-state index in [0.29, 0.717) is 39.6 Å². The van der Waals surface area contributed by atoms with Gasteiger partial charge in [0.2, 0.25) is 0 Å². The Morgan fingerprint density at radius 3 is 1.28 bits per heavy atom. The van der Waals surface area contributed by atoms with E-state index in [2.05, 4.69) is 6.92 Å². The summed E-state index contributed by atoms with van der Waals surface area (Å²) in [7, 11) is -3.74. The average Bonchev–Trinajstić information content (AvgIpc) is 2.93. The van der Waals surface area contributed by atoms with Crippen molar-refractivity contribution in [1.29, 1.82) is 0 Å². The predicted molar refractivity (Wildman–Crippen MR) is 158 cm³/mol. The zero-order valence-electron chi connectivity index (χ0n) is 24.8. The molecule has 0 amide bonds. The molecule has 0 aliphatic heterocycles. The molecule has 0 radical (unpaired) electrons. The van der Waals surface area contributed by atoms with Crippen molar-refractivity contribution >= 4 is 10.1 Å². The minimum atomic E-state index is -3.74. The van der Waals surface area contributed by atoms with Crippen LogP contribution in [0.15, 0.2) is 29.2 Å². The highest BCUT2D eigenvalue weighted by Gasteiger charge is 2.14. The lowest BCUT2D eigenvalue weighted by molar-refractivity contribution is -0.00468. The minimum Gasteiger partial charge on any atom is -0.379 e. The van der Waals surface area contributed by atoms with E-state index in [9.17, 15) is 8.42 Å². The zero-order chi connectivity index (χ0) is 28.3. The Hall–Kier alpha value is -1.03. The van der Waals surface area contributed by atoms with E-state index in [0.717, 1.165) is 18.6 Å². The van der Waals surface area contributed by atoms with Crippen molar-refractivity contribution in [2.75, 3.05) is 59.5 Å². The van der Waals surface area contributed by atoms with Crippen LogP contribution in [0.3, 0.4) is 0 Å². The molecule has 0 aliphatic carbocycles. The third-order valence-corrected chi connectivity index (χ3v) is 7.86. The SMILES string of the molecule is CCCCCCCCCCCCCCCCOCCOCCOCCOCCOS(=O)(=O)c1ccc(C)cc1. The van der Waals surface area contributed by atoms with Crippen molar-refractivity contribution in [3.05, 3.63) is 29.8 Å². The second kappa shape index (κ2) is 25.9. The summed E-state index contributed by atoms with van der Waals surface area (Å²) >= 11 is 0. The Labute approximate surface area is 239 Å². The van der Waals surface area contributed by atoms with Gasteiger partial charge < -0.3 is 18.9 Å². The topological polar surface area (TPSA) is 80.3 Å². The smallest absolute Gasteiger partial charge is 0.297 e. The maximum absolute atomic E-state index is 12.1. The molecule has 0 aromatic heterocycles. The first-order valence-corrected chi connectivity index (χ1v) is 16.7. The van der Waals surface area contributed by atoms with Crippen LogP contribution in [0, 0.1) is 6.92 Å². The van der Waals surface area contributed by atoms with Gasteiger partial charge in [-0.15, -0.1) is 0 Å². The van der Waals surface area contributed by atoms with Gasteiger partial charge in [0.25, 0.3) is 10.1 Å². The van der Waals surface area contributed by atoms with Crippen molar-refractivity contribution in [3.63, 3.8) is 0 Å². The monoisotopic (exact) mass is 572 g/mol. The van der Waals surface area contributed by atoms with Crippen LogP contribution < -0.4 is 0 Å². The quantitative estimate of drug-likeness (QED) is 0.0739. The molecule has 0 spiro atoms. The minimum absolute atomic E-state index is 0.0291. The van der Waals surface area contributed by atoms with E-state index in [-0.39, 0.29) is 18.1 Å². The van der Waals surface area contributed by atoms with Gasteiger partial charge in [-0.05, 0) is 25.5 Å². The summed E-state index contributed by atoms with van der Waals surface area (Å²) in [4.78, 5) is 0.150. The highest BCUT2D eigenvalue weighted by Crippen LogP contribution is 2.14. The average molecular weight is 573 g/mol. The summed E-state index contributed by atoms with van der Waals surface area (Å²) in [6.07, 6.45) is 19.1. The van der Waals surface area contributed by atoms with Gasteiger partial charge in [0, 0.05) is 6.61 Å². The molecule has 0 heterocycles. The fourth-order valence-electron chi connectivity index (χ4n) is 4.14. The lowest BCUT2D eigenvalue weighted by Crippen LogP contribution is -2.15. The normalized spacial score (nSPS) is 11.8. The number of benzene rings is 1. The zero-order valence-corrected chi connectivity index (χ0v) is 25.7. The molecule has 0 bridgehead atoms. The molecule has 0 N–H and O–H groups in total. The van der Waals surface area contributed by atoms with Gasteiger partial charge in [0.05, 0.1) is 57.8 Å². The maximum atomic E-state index is 12.1. The molecule has 0 aliphatic rings. The van der Waals surface area contributed by atoms with Crippen molar-refractivity contribution in [2.24, 2.45) is 0 Å². The van der Waals surface area contributed by atoms with Gasteiger partial charge in [0.15, 0.2) is 0 Å². The standard InChI is InChI=1S/C31H56O7S/c1-3-4-5-6-7-8-9-10-11-12-13-14-15-16-21-34-22-23-35-24-25-36-26-27-37-28-29-38-39(32,33)31-19-17-30(2)18-20-31/h17-20H,3-16,21-29H2,1-2H3. The molecule has 8 heteroatoms. The van der Waals surface area contributed by atoms with Crippen molar-refractivity contribution in [1.82, 2.24) is 0 Å². The van der Waals surface area contributed by atoms with Crippen molar-refractivity contribution in [3.8, 4) is 0 Å². The van der Waals surface area contributed by atoms with Crippen LogP contribution in [0.1, 0.15) is 102 Å². The summed E-state index contributed by atoms with van der Waals surface area (Å²) in [6.45, 7) is 8.12.